The monoisotopic (exact) mass is 347 g/mol. The van der Waals surface area contributed by atoms with Gasteiger partial charge in [0.25, 0.3) is 5.91 Å². The van der Waals surface area contributed by atoms with Crippen LogP contribution in [-0.2, 0) is 6.54 Å². The second-order valence-electron chi connectivity index (χ2n) is 7.35. The molecule has 26 heavy (non-hydrogen) atoms. The van der Waals surface area contributed by atoms with Crippen molar-refractivity contribution in [2.45, 2.75) is 19.9 Å². The van der Waals surface area contributed by atoms with Crippen LogP contribution in [0.5, 0.6) is 0 Å². The molecule has 0 bridgehead atoms. The van der Waals surface area contributed by atoms with Crippen molar-refractivity contribution in [3.8, 4) is 0 Å². The number of aromatic nitrogens is 1. The van der Waals surface area contributed by atoms with Gasteiger partial charge in [0.05, 0.1) is 5.56 Å². The second kappa shape index (κ2) is 7.34. The zero-order chi connectivity index (χ0) is 17.9. The van der Waals surface area contributed by atoms with Gasteiger partial charge >= 0.3 is 0 Å². The summed E-state index contributed by atoms with van der Waals surface area (Å²) in [6, 6.07) is 16.7. The molecule has 4 nitrogen and oxygen atoms in total. The van der Waals surface area contributed by atoms with E-state index in [9.17, 15) is 4.79 Å². The number of likely N-dealkylation sites (tertiary alicyclic amines) is 1. The SMILES string of the molecule is Cc1ccc(CN2CC[C@@H](CNC(=O)c3cc4ccccn4c3)C2)cc1. The quantitative estimate of drug-likeness (QED) is 0.767. The third kappa shape index (κ3) is 3.81. The number of aryl methyl sites for hydroxylation is 1. The third-order valence-corrected chi connectivity index (χ3v) is 5.21. The highest BCUT2D eigenvalue weighted by Crippen LogP contribution is 2.19. The Bertz CT molecular complexity index is 864. The summed E-state index contributed by atoms with van der Waals surface area (Å²) in [7, 11) is 0. The number of hydrogen-bond donors (Lipinski definition) is 1. The fraction of sp³-hybridized carbons (Fsp3) is 0.318. The number of carbonyl (C=O) groups is 1. The maximum absolute atomic E-state index is 12.4. The summed E-state index contributed by atoms with van der Waals surface area (Å²) in [5, 5.41) is 3.11. The lowest BCUT2D eigenvalue weighted by molar-refractivity contribution is 0.0947. The Labute approximate surface area is 154 Å². The molecule has 1 N–H and O–H groups in total. The van der Waals surface area contributed by atoms with E-state index in [1.165, 1.54) is 11.1 Å². The maximum Gasteiger partial charge on any atom is 0.252 e. The summed E-state index contributed by atoms with van der Waals surface area (Å²) in [6.45, 7) is 6.01. The van der Waals surface area contributed by atoms with Crippen LogP contribution in [0.25, 0.3) is 5.52 Å². The number of pyridine rings is 1. The number of nitrogens with one attached hydrogen (secondary N) is 1. The molecule has 1 aliphatic rings. The van der Waals surface area contributed by atoms with Crippen LogP contribution in [0.2, 0.25) is 0 Å². The molecular weight excluding hydrogens is 322 g/mol. The van der Waals surface area contributed by atoms with Gasteiger partial charge in [-0.25, -0.2) is 0 Å². The molecule has 0 aliphatic carbocycles. The van der Waals surface area contributed by atoms with E-state index in [1.807, 2.05) is 41.1 Å². The van der Waals surface area contributed by atoms with Gasteiger partial charge in [0, 0.05) is 37.5 Å². The first kappa shape index (κ1) is 16.9. The lowest BCUT2D eigenvalue weighted by Gasteiger charge is -2.16. The average molecular weight is 347 g/mol. The van der Waals surface area contributed by atoms with Gasteiger partial charge in [0.1, 0.15) is 0 Å². The molecule has 4 heteroatoms. The summed E-state index contributed by atoms with van der Waals surface area (Å²) in [6.07, 6.45) is 5.00. The first-order valence-electron chi connectivity index (χ1n) is 9.30. The van der Waals surface area contributed by atoms with Crippen LogP contribution in [0.4, 0.5) is 0 Å². The van der Waals surface area contributed by atoms with Crippen LogP contribution in [0.1, 0.15) is 27.9 Å². The van der Waals surface area contributed by atoms with Gasteiger partial charge in [0.2, 0.25) is 0 Å². The Kier molecular flexibility index (Phi) is 4.76. The van der Waals surface area contributed by atoms with Crippen molar-refractivity contribution in [2.24, 2.45) is 5.92 Å². The smallest absolute Gasteiger partial charge is 0.252 e. The third-order valence-electron chi connectivity index (χ3n) is 5.21. The normalized spacial score (nSPS) is 17.7. The first-order chi connectivity index (χ1) is 12.7. The summed E-state index contributed by atoms with van der Waals surface area (Å²) < 4.78 is 1.98. The van der Waals surface area contributed by atoms with Gasteiger partial charge in [-0.05, 0) is 49.6 Å². The molecule has 1 amide bonds. The van der Waals surface area contributed by atoms with Crippen LogP contribution >= 0.6 is 0 Å². The molecule has 1 fully saturated rings. The molecule has 0 radical (unpaired) electrons. The Morgan fingerprint density at radius 2 is 2.04 bits per heavy atom. The first-order valence-corrected chi connectivity index (χ1v) is 9.30. The Morgan fingerprint density at radius 3 is 2.85 bits per heavy atom. The minimum Gasteiger partial charge on any atom is -0.352 e. The molecule has 4 rings (SSSR count). The van der Waals surface area contributed by atoms with Crippen LogP contribution < -0.4 is 5.32 Å². The molecule has 1 aliphatic heterocycles. The number of rotatable bonds is 5. The summed E-state index contributed by atoms with van der Waals surface area (Å²) in [5.74, 6) is 0.548. The second-order valence-corrected chi connectivity index (χ2v) is 7.35. The molecule has 2 aromatic heterocycles. The van der Waals surface area contributed by atoms with E-state index in [4.69, 9.17) is 0 Å². The average Bonchev–Trinajstić information content (AvgIpc) is 3.28. The van der Waals surface area contributed by atoms with Gasteiger partial charge in [-0.15, -0.1) is 0 Å². The van der Waals surface area contributed by atoms with Crippen LogP contribution in [-0.4, -0.2) is 34.8 Å². The Morgan fingerprint density at radius 1 is 1.19 bits per heavy atom. The summed E-state index contributed by atoms with van der Waals surface area (Å²) >= 11 is 0. The van der Waals surface area contributed by atoms with E-state index in [1.54, 1.807) is 0 Å². The van der Waals surface area contributed by atoms with E-state index in [0.717, 1.165) is 43.7 Å². The predicted molar refractivity (Wildman–Crippen MR) is 104 cm³/mol. The number of carbonyl (C=O) groups excluding carboxylic acids is 1. The number of benzene rings is 1. The topological polar surface area (TPSA) is 36.8 Å². The lowest BCUT2D eigenvalue weighted by atomic mass is 10.1. The van der Waals surface area contributed by atoms with Crippen molar-refractivity contribution < 1.29 is 4.79 Å². The van der Waals surface area contributed by atoms with Crippen LogP contribution in [0, 0.1) is 12.8 Å². The summed E-state index contributed by atoms with van der Waals surface area (Å²) in [5.41, 5.74) is 4.43. The molecule has 3 heterocycles. The van der Waals surface area contributed by atoms with Gasteiger partial charge in [0.15, 0.2) is 0 Å². The van der Waals surface area contributed by atoms with Crippen molar-refractivity contribution in [1.82, 2.24) is 14.6 Å². The molecule has 0 spiro atoms. The molecule has 0 unspecified atom stereocenters. The Balaban J connectivity index is 1.28. The zero-order valence-electron chi connectivity index (χ0n) is 15.2. The number of hydrogen-bond acceptors (Lipinski definition) is 2. The van der Waals surface area contributed by atoms with Gasteiger partial charge in [-0.2, -0.15) is 0 Å². The van der Waals surface area contributed by atoms with Crippen molar-refractivity contribution in [3.63, 3.8) is 0 Å². The van der Waals surface area contributed by atoms with E-state index < -0.39 is 0 Å². The molecule has 134 valence electrons. The van der Waals surface area contributed by atoms with Crippen molar-refractivity contribution in [1.29, 1.82) is 0 Å². The fourth-order valence-corrected chi connectivity index (χ4v) is 3.69. The van der Waals surface area contributed by atoms with Gasteiger partial charge < -0.3 is 9.72 Å². The van der Waals surface area contributed by atoms with E-state index >= 15 is 0 Å². The van der Waals surface area contributed by atoms with Crippen LogP contribution in [0.3, 0.4) is 0 Å². The fourth-order valence-electron chi connectivity index (χ4n) is 3.69. The maximum atomic E-state index is 12.4. The van der Waals surface area contributed by atoms with Gasteiger partial charge in [-0.3, -0.25) is 9.69 Å². The van der Waals surface area contributed by atoms with Crippen molar-refractivity contribution in [3.05, 3.63) is 77.6 Å². The van der Waals surface area contributed by atoms with E-state index in [2.05, 4.69) is 41.4 Å². The number of amides is 1. The minimum atomic E-state index is 0.0192. The molecule has 3 aromatic rings. The predicted octanol–water partition coefficient (Wildman–Crippen LogP) is 3.50. The standard InChI is InChI=1S/C22H25N3O/c1-17-5-7-18(8-6-17)14-24-11-9-19(15-24)13-23-22(26)20-12-21-4-2-3-10-25(21)16-20/h2-8,10,12,16,19H,9,11,13-15H2,1H3,(H,23,26)/t19-/m0/s1. The van der Waals surface area contributed by atoms with E-state index in [-0.39, 0.29) is 5.91 Å². The molecule has 1 saturated heterocycles. The number of nitrogens with zero attached hydrogens (tertiary/aromatic N) is 2. The Hall–Kier alpha value is -2.59. The lowest BCUT2D eigenvalue weighted by Crippen LogP contribution is -2.30. The molecule has 1 atom stereocenters. The minimum absolute atomic E-state index is 0.0192. The van der Waals surface area contributed by atoms with Crippen molar-refractivity contribution >= 4 is 11.4 Å². The van der Waals surface area contributed by atoms with E-state index in [0.29, 0.717) is 5.92 Å². The highest BCUT2D eigenvalue weighted by molar-refractivity contribution is 5.95. The van der Waals surface area contributed by atoms with Crippen LogP contribution in [0.15, 0.2) is 60.9 Å². The molecule has 0 saturated carbocycles. The summed E-state index contributed by atoms with van der Waals surface area (Å²) in [4.78, 5) is 14.9. The molecular formula is C22H25N3O. The van der Waals surface area contributed by atoms with Crippen molar-refractivity contribution in [2.75, 3.05) is 19.6 Å². The number of fused-ring (bicyclic) bond motifs is 1. The van der Waals surface area contributed by atoms with Gasteiger partial charge in [-0.1, -0.05) is 35.9 Å². The highest BCUT2D eigenvalue weighted by atomic mass is 16.1. The zero-order valence-corrected chi connectivity index (χ0v) is 15.2. The molecule has 1 aromatic carbocycles. The largest absolute Gasteiger partial charge is 0.352 e. The highest BCUT2D eigenvalue weighted by Gasteiger charge is 2.23.